The fraction of sp³-hybridized carbons (Fsp3) is 0.143. The van der Waals surface area contributed by atoms with E-state index in [-0.39, 0.29) is 21.3 Å². The standard InChI is InChI=1S/C14H9ClF4N2OS/c15-9-4-1-5-10(11(9)16)21-12(22)8-3-2-6-20-13(8)23-7-14(17,18)19/h1-6H,7H2,(H,21,22). The quantitative estimate of drug-likeness (QED) is 0.627. The van der Waals surface area contributed by atoms with Crippen molar-refractivity contribution < 1.29 is 22.4 Å². The zero-order valence-electron chi connectivity index (χ0n) is 11.3. The monoisotopic (exact) mass is 364 g/mol. The average molecular weight is 365 g/mol. The number of carbonyl (C=O) groups is 1. The number of nitrogens with one attached hydrogen (secondary N) is 1. The number of hydrogen-bond donors (Lipinski definition) is 1. The second-order valence-corrected chi connectivity index (χ2v) is 5.69. The topological polar surface area (TPSA) is 42.0 Å². The van der Waals surface area contributed by atoms with Crippen molar-refractivity contribution in [3.8, 4) is 0 Å². The Morgan fingerprint density at radius 1 is 1.26 bits per heavy atom. The molecule has 3 nitrogen and oxygen atoms in total. The molecule has 9 heteroatoms. The van der Waals surface area contributed by atoms with Crippen molar-refractivity contribution in [2.24, 2.45) is 0 Å². The molecule has 2 rings (SSSR count). The lowest BCUT2D eigenvalue weighted by Crippen LogP contribution is -2.16. The Labute approximate surface area is 138 Å². The van der Waals surface area contributed by atoms with Gasteiger partial charge in [0.15, 0.2) is 5.82 Å². The summed E-state index contributed by atoms with van der Waals surface area (Å²) in [6, 6.07) is 6.74. The summed E-state index contributed by atoms with van der Waals surface area (Å²) in [7, 11) is 0. The lowest BCUT2D eigenvalue weighted by atomic mass is 10.2. The van der Waals surface area contributed by atoms with Crippen LogP contribution in [0.4, 0.5) is 23.2 Å². The van der Waals surface area contributed by atoms with Crippen LogP contribution in [0.25, 0.3) is 0 Å². The van der Waals surface area contributed by atoms with Crippen LogP contribution in [0.3, 0.4) is 0 Å². The zero-order chi connectivity index (χ0) is 17.0. The van der Waals surface area contributed by atoms with E-state index in [4.69, 9.17) is 11.6 Å². The number of pyridine rings is 1. The molecule has 2 aromatic rings. The smallest absolute Gasteiger partial charge is 0.319 e. The van der Waals surface area contributed by atoms with Gasteiger partial charge in [-0.2, -0.15) is 13.2 Å². The minimum atomic E-state index is -4.39. The molecule has 0 saturated heterocycles. The number of aromatic nitrogens is 1. The maximum atomic E-state index is 13.8. The lowest BCUT2D eigenvalue weighted by molar-refractivity contribution is -0.105. The predicted octanol–water partition coefficient (Wildman–Crippen LogP) is 4.78. The van der Waals surface area contributed by atoms with E-state index in [2.05, 4.69) is 10.3 Å². The normalized spacial score (nSPS) is 11.3. The van der Waals surface area contributed by atoms with Crippen molar-refractivity contribution in [3.05, 3.63) is 52.9 Å². The van der Waals surface area contributed by atoms with Crippen LogP contribution in [0, 0.1) is 5.82 Å². The van der Waals surface area contributed by atoms with Gasteiger partial charge in [0.05, 0.1) is 22.0 Å². The fourth-order valence-electron chi connectivity index (χ4n) is 1.62. The van der Waals surface area contributed by atoms with Crippen LogP contribution in [-0.4, -0.2) is 22.8 Å². The zero-order valence-corrected chi connectivity index (χ0v) is 12.9. The Balaban J connectivity index is 2.21. The molecular weight excluding hydrogens is 356 g/mol. The Morgan fingerprint density at radius 3 is 2.70 bits per heavy atom. The van der Waals surface area contributed by atoms with Crippen molar-refractivity contribution in [1.82, 2.24) is 4.98 Å². The largest absolute Gasteiger partial charge is 0.398 e. The molecule has 122 valence electrons. The summed E-state index contributed by atoms with van der Waals surface area (Å²) in [5.74, 6) is -2.78. The number of benzene rings is 1. The molecule has 0 fully saturated rings. The van der Waals surface area contributed by atoms with Crippen molar-refractivity contribution in [2.45, 2.75) is 11.2 Å². The molecule has 23 heavy (non-hydrogen) atoms. The molecule has 0 saturated carbocycles. The molecule has 0 aliphatic carbocycles. The average Bonchev–Trinajstić information content (AvgIpc) is 2.49. The van der Waals surface area contributed by atoms with Crippen LogP contribution < -0.4 is 5.32 Å². The number of amides is 1. The summed E-state index contributed by atoms with van der Waals surface area (Å²) in [6.45, 7) is 0. The molecule has 0 aliphatic heterocycles. The van der Waals surface area contributed by atoms with Crippen LogP contribution >= 0.6 is 23.4 Å². The number of nitrogens with zero attached hydrogens (tertiary/aromatic N) is 1. The number of rotatable bonds is 4. The first-order valence-electron chi connectivity index (χ1n) is 6.18. The molecule has 1 heterocycles. The third kappa shape index (κ3) is 4.84. The van der Waals surface area contributed by atoms with E-state index in [9.17, 15) is 22.4 Å². The number of thioether (sulfide) groups is 1. The van der Waals surface area contributed by atoms with Crippen LogP contribution in [-0.2, 0) is 0 Å². The number of carbonyl (C=O) groups excluding carboxylic acids is 1. The summed E-state index contributed by atoms with van der Waals surface area (Å²) in [6.07, 6.45) is -3.12. The Kier molecular flexibility index (Phi) is 5.48. The van der Waals surface area contributed by atoms with Gasteiger partial charge in [0.1, 0.15) is 5.03 Å². The second kappa shape index (κ2) is 7.18. The van der Waals surface area contributed by atoms with Gasteiger partial charge in [0.2, 0.25) is 0 Å². The van der Waals surface area contributed by atoms with Crippen LogP contribution in [0.5, 0.6) is 0 Å². The van der Waals surface area contributed by atoms with E-state index < -0.39 is 23.7 Å². The van der Waals surface area contributed by atoms with Gasteiger partial charge in [-0.3, -0.25) is 4.79 Å². The SMILES string of the molecule is O=C(Nc1cccc(Cl)c1F)c1cccnc1SCC(F)(F)F. The molecule has 0 unspecified atom stereocenters. The van der Waals surface area contributed by atoms with Crippen LogP contribution in [0.1, 0.15) is 10.4 Å². The maximum Gasteiger partial charge on any atom is 0.398 e. The summed E-state index contributed by atoms with van der Waals surface area (Å²) in [4.78, 5) is 15.9. The molecule has 0 atom stereocenters. The molecule has 1 N–H and O–H groups in total. The Morgan fingerprint density at radius 2 is 2.00 bits per heavy atom. The first-order chi connectivity index (χ1) is 10.8. The highest BCUT2D eigenvalue weighted by atomic mass is 35.5. The van der Waals surface area contributed by atoms with Gasteiger partial charge >= 0.3 is 6.18 Å². The molecular formula is C14H9ClF4N2OS. The molecule has 1 amide bonds. The highest BCUT2D eigenvalue weighted by molar-refractivity contribution is 7.99. The summed E-state index contributed by atoms with van der Waals surface area (Å²) in [5, 5.41) is 2.00. The van der Waals surface area contributed by atoms with Crippen molar-refractivity contribution in [3.63, 3.8) is 0 Å². The van der Waals surface area contributed by atoms with Gasteiger partial charge in [0, 0.05) is 6.20 Å². The van der Waals surface area contributed by atoms with E-state index in [1.54, 1.807) is 0 Å². The number of alkyl halides is 3. The van der Waals surface area contributed by atoms with E-state index in [1.807, 2.05) is 0 Å². The molecule has 0 bridgehead atoms. The van der Waals surface area contributed by atoms with Crippen molar-refractivity contribution >= 4 is 35.0 Å². The fourth-order valence-corrected chi connectivity index (χ4v) is 2.55. The number of hydrogen-bond acceptors (Lipinski definition) is 3. The van der Waals surface area contributed by atoms with Gasteiger partial charge in [-0.25, -0.2) is 9.37 Å². The lowest BCUT2D eigenvalue weighted by Gasteiger charge is -2.11. The number of anilines is 1. The van der Waals surface area contributed by atoms with E-state index >= 15 is 0 Å². The molecule has 0 spiro atoms. The molecule has 1 aromatic carbocycles. The van der Waals surface area contributed by atoms with Gasteiger partial charge in [-0.1, -0.05) is 29.4 Å². The highest BCUT2D eigenvalue weighted by Gasteiger charge is 2.28. The summed E-state index contributed by atoms with van der Waals surface area (Å²) < 4.78 is 50.7. The third-order valence-corrected chi connectivity index (χ3v) is 3.95. The second-order valence-electron chi connectivity index (χ2n) is 4.32. The predicted molar refractivity (Wildman–Crippen MR) is 80.4 cm³/mol. The third-order valence-electron chi connectivity index (χ3n) is 2.59. The Hall–Kier alpha value is -1.80. The summed E-state index contributed by atoms with van der Waals surface area (Å²) >= 11 is 5.99. The Bertz CT molecular complexity index is 724. The van der Waals surface area contributed by atoms with Gasteiger partial charge in [0.25, 0.3) is 5.91 Å². The van der Waals surface area contributed by atoms with E-state index in [0.29, 0.717) is 11.8 Å². The van der Waals surface area contributed by atoms with Crippen LogP contribution in [0.2, 0.25) is 5.02 Å². The maximum absolute atomic E-state index is 13.8. The van der Waals surface area contributed by atoms with Gasteiger partial charge in [-0.15, -0.1) is 0 Å². The minimum Gasteiger partial charge on any atom is -0.319 e. The highest BCUT2D eigenvalue weighted by Crippen LogP contribution is 2.29. The molecule has 0 aliphatic rings. The van der Waals surface area contributed by atoms with Gasteiger partial charge < -0.3 is 5.32 Å². The van der Waals surface area contributed by atoms with Crippen molar-refractivity contribution in [1.29, 1.82) is 0 Å². The minimum absolute atomic E-state index is 0.0823. The van der Waals surface area contributed by atoms with Gasteiger partial charge in [-0.05, 0) is 24.3 Å². The molecule has 1 aromatic heterocycles. The number of halogens is 5. The first kappa shape index (κ1) is 17.6. The van der Waals surface area contributed by atoms with Crippen molar-refractivity contribution in [2.75, 3.05) is 11.1 Å². The van der Waals surface area contributed by atoms with Crippen LogP contribution in [0.15, 0.2) is 41.6 Å². The molecule has 0 radical (unpaired) electrons. The summed E-state index contributed by atoms with van der Waals surface area (Å²) in [5.41, 5.74) is -0.251. The van der Waals surface area contributed by atoms with E-state index in [0.717, 1.165) is 0 Å². The van der Waals surface area contributed by atoms with E-state index in [1.165, 1.54) is 36.5 Å². The first-order valence-corrected chi connectivity index (χ1v) is 7.54.